The van der Waals surface area contributed by atoms with E-state index in [9.17, 15) is 19.5 Å². The molecule has 192 valence electrons. The molecule has 3 rings (SSSR count). The summed E-state index contributed by atoms with van der Waals surface area (Å²) < 4.78 is 5.42. The lowest BCUT2D eigenvalue weighted by atomic mass is 9.69. The monoisotopic (exact) mass is 484 g/mol. The van der Waals surface area contributed by atoms with E-state index in [1.165, 1.54) is 4.90 Å². The van der Waals surface area contributed by atoms with Crippen molar-refractivity contribution in [3.63, 3.8) is 0 Å². The van der Waals surface area contributed by atoms with Crippen molar-refractivity contribution in [2.24, 2.45) is 23.7 Å². The highest BCUT2D eigenvalue weighted by Crippen LogP contribution is 2.48. The smallest absolute Gasteiger partial charge is 0.310 e. The van der Waals surface area contributed by atoms with E-state index in [1.54, 1.807) is 6.92 Å². The Bertz CT molecular complexity index is 887. The average molecular weight is 485 g/mol. The summed E-state index contributed by atoms with van der Waals surface area (Å²) in [7, 11) is 0. The summed E-state index contributed by atoms with van der Waals surface area (Å²) in [6.45, 7) is 6.36. The molecule has 0 bridgehead atoms. The zero-order valence-corrected chi connectivity index (χ0v) is 21.2. The molecule has 7 nitrogen and oxygen atoms in total. The molecular weight excluding hydrogens is 444 g/mol. The Kier molecular flexibility index (Phi) is 9.90. The van der Waals surface area contributed by atoms with Crippen LogP contribution in [0.1, 0.15) is 64.5 Å². The van der Waals surface area contributed by atoms with E-state index in [-0.39, 0.29) is 36.9 Å². The van der Waals surface area contributed by atoms with Gasteiger partial charge in [0.2, 0.25) is 11.8 Å². The van der Waals surface area contributed by atoms with Crippen LogP contribution < -0.4 is 5.32 Å². The number of amides is 2. The van der Waals surface area contributed by atoms with Crippen molar-refractivity contribution in [2.75, 3.05) is 19.8 Å². The first-order valence-electron chi connectivity index (χ1n) is 13.1. The number of nitrogens with one attached hydrogen (secondary N) is 1. The van der Waals surface area contributed by atoms with Crippen LogP contribution in [0.5, 0.6) is 0 Å². The predicted octanol–water partition coefficient (Wildman–Crippen LogP) is 3.64. The van der Waals surface area contributed by atoms with Gasteiger partial charge >= 0.3 is 5.97 Å². The van der Waals surface area contributed by atoms with E-state index in [0.29, 0.717) is 6.54 Å². The number of rotatable bonds is 12. The van der Waals surface area contributed by atoms with Crippen LogP contribution in [-0.4, -0.2) is 53.6 Å². The predicted molar refractivity (Wildman–Crippen MR) is 134 cm³/mol. The summed E-state index contributed by atoms with van der Waals surface area (Å²) in [6, 6.07) is 7.80. The van der Waals surface area contributed by atoms with Gasteiger partial charge in [-0.2, -0.15) is 0 Å². The highest BCUT2D eigenvalue weighted by molar-refractivity contribution is 5.96. The number of esters is 1. The molecular formula is C28H40N2O5. The SMILES string of the molecule is CCCCCNC(=O)[C@@H]1[C@H]2C=C[C@@H](CCC)[C@@H](C(=O)OCC)[C@H]2C(=O)N1[C@H](CO)c1ccccc1. The van der Waals surface area contributed by atoms with Crippen molar-refractivity contribution in [3.05, 3.63) is 48.0 Å². The lowest BCUT2D eigenvalue weighted by Gasteiger charge is -2.34. The van der Waals surface area contributed by atoms with Gasteiger partial charge in [0.15, 0.2) is 0 Å². The number of aliphatic hydroxyl groups excluding tert-OH is 1. The number of ether oxygens (including phenoxy) is 1. The van der Waals surface area contributed by atoms with Crippen molar-refractivity contribution < 1.29 is 24.2 Å². The second kappa shape index (κ2) is 12.9. The first kappa shape index (κ1) is 26.9. The topological polar surface area (TPSA) is 95.9 Å². The van der Waals surface area contributed by atoms with Gasteiger partial charge in [0, 0.05) is 12.5 Å². The first-order valence-corrected chi connectivity index (χ1v) is 13.1. The molecule has 7 heteroatoms. The molecule has 1 fully saturated rings. The largest absolute Gasteiger partial charge is 0.466 e. The number of allylic oxidation sites excluding steroid dienone is 1. The highest BCUT2D eigenvalue weighted by atomic mass is 16.5. The minimum atomic E-state index is -0.803. The third-order valence-corrected chi connectivity index (χ3v) is 7.27. The molecule has 0 unspecified atom stereocenters. The number of fused-ring (bicyclic) bond motifs is 1. The zero-order valence-electron chi connectivity index (χ0n) is 21.2. The molecule has 35 heavy (non-hydrogen) atoms. The molecule has 2 amide bonds. The summed E-state index contributed by atoms with van der Waals surface area (Å²) in [5, 5.41) is 13.4. The van der Waals surface area contributed by atoms with Crippen LogP contribution in [-0.2, 0) is 19.1 Å². The molecule has 2 N–H and O–H groups in total. The molecule has 1 heterocycles. The lowest BCUT2D eigenvalue weighted by molar-refractivity contribution is -0.156. The van der Waals surface area contributed by atoms with Crippen LogP contribution in [0.15, 0.2) is 42.5 Å². The van der Waals surface area contributed by atoms with Crippen LogP contribution in [0.3, 0.4) is 0 Å². The van der Waals surface area contributed by atoms with Crippen LogP contribution in [0.4, 0.5) is 0 Å². The number of likely N-dealkylation sites (tertiary alicyclic amines) is 1. The van der Waals surface area contributed by atoms with Gasteiger partial charge in [0.05, 0.1) is 31.1 Å². The fraction of sp³-hybridized carbons (Fsp3) is 0.607. The standard InChI is InChI=1S/C28H40N2O5/c1-4-7-11-17-29-26(32)25-21-16-15-20(12-5-2)23(28(34)35-6-3)24(21)27(33)30(25)22(18-31)19-13-9-8-10-14-19/h8-10,13-16,20-25,31H,4-7,11-12,17-18H2,1-3H3,(H,29,32)/t20-,21+,22-,23-,24+,25+/m1/s1. The van der Waals surface area contributed by atoms with E-state index >= 15 is 0 Å². The number of carbonyl (C=O) groups is 3. The molecule has 1 aliphatic heterocycles. The van der Waals surface area contributed by atoms with Gasteiger partial charge in [-0.15, -0.1) is 0 Å². The average Bonchev–Trinajstić information content (AvgIpc) is 3.15. The second-order valence-electron chi connectivity index (χ2n) is 9.52. The van der Waals surface area contributed by atoms with Gasteiger partial charge in [-0.1, -0.05) is 75.6 Å². The Morgan fingerprint density at radius 2 is 1.83 bits per heavy atom. The molecule has 2 aliphatic rings. The highest BCUT2D eigenvalue weighted by Gasteiger charge is 2.59. The number of unbranched alkanes of at least 4 members (excludes halogenated alkanes) is 2. The summed E-state index contributed by atoms with van der Waals surface area (Å²) >= 11 is 0. The van der Waals surface area contributed by atoms with Crippen molar-refractivity contribution in [2.45, 2.75) is 65.0 Å². The Labute approximate surface area is 208 Å². The number of aliphatic hydroxyl groups is 1. The summed E-state index contributed by atoms with van der Waals surface area (Å²) in [6.07, 6.45) is 8.48. The quantitative estimate of drug-likeness (QED) is 0.268. The third-order valence-electron chi connectivity index (χ3n) is 7.27. The van der Waals surface area contributed by atoms with Crippen LogP contribution in [0.2, 0.25) is 0 Å². The summed E-state index contributed by atoms with van der Waals surface area (Å²) in [4.78, 5) is 42.3. The van der Waals surface area contributed by atoms with E-state index in [4.69, 9.17) is 4.74 Å². The van der Waals surface area contributed by atoms with Gasteiger partial charge in [0.25, 0.3) is 0 Å². The Morgan fingerprint density at radius 1 is 1.09 bits per heavy atom. The van der Waals surface area contributed by atoms with E-state index in [2.05, 4.69) is 19.2 Å². The zero-order chi connectivity index (χ0) is 25.4. The number of hydrogen-bond donors (Lipinski definition) is 2. The summed E-state index contributed by atoms with van der Waals surface area (Å²) in [5.41, 5.74) is 0.757. The van der Waals surface area contributed by atoms with Crippen molar-refractivity contribution >= 4 is 17.8 Å². The van der Waals surface area contributed by atoms with Crippen LogP contribution in [0, 0.1) is 23.7 Å². The van der Waals surface area contributed by atoms with E-state index < -0.39 is 29.8 Å². The molecule has 1 aromatic rings. The maximum atomic E-state index is 14.1. The Balaban J connectivity index is 2.03. The van der Waals surface area contributed by atoms with Crippen molar-refractivity contribution in [3.8, 4) is 0 Å². The van der Waals surface area contributed by atoms with Crippen molar-refractivity contribution in [1.29, 1.82) is 0 Å². The molecule has 0 radical (unpaired) electrons. The molecule has 1 aromatic carbocycles. The molecule has 6 atom stereocenters. The van der Waals surface area contributed by atoms with Gasteiger partial charge < -0.3 is 20.1 Å². The lowest BCUT2D eigenvalue weighted by Crippen LogP contribution is -2.49. The number of carbonyl (C=O) groups excluding carboxylic acids is 3. The molecule has 0 spiro atoms. The fourth-order valence-electron chi connectivity index (χ4n) is 5.67. The van der Waals surface area contributed by atoms with Gasteiger partial charge in [-0.25, -0.2) is 0 Å². The van der Waals surface area contributed by atoms with Crippen molar-refractivity contribution in [1.82, 2.24) is 10.2 Å². The maximum Gasteiger partial charge on any atom is 0.310 e. The maximum absolute atomic E-state index is 14.1. The van der Waals surface area contributed by atoms with E-state index in [1.807, 2.05) is 42.5 Å². The molecule has 1 saturated heterocycles. The summed E-state index contributed by atoms with van der Waals surface area (Å²) in [5.74, 6) is -2.82. The Hall–Kier alpha value is -2.67. The van der Waals surface area contributed by atoms with Crippen LogP contribution >= 0.6 is 0 Å². The first-order chi connectivity index (χ1) is 17.0. The molecule has 1 aliphatic carbocycles. The number of benzene rings is 1. The molecule has 0 saturated carbocycles. The normalized spacial score (nSPS) is 26.3. The third kappa shape index (κ3) is 5.77. The second-order valence-corrected chi connectivity index (χ2v) is 9.52. The van der Waals surface area contributed by atoms with Gasteiger partial charge in [-0.3, -0.25) is 14.4 Å². The minimum absolute atomic E-state index is 0.123. The van der Waals surface area contributed by atoms with Gasteiger partial charge in [0.1, 0.15) is 6.04 Å². The van der Waals surface area contributed by atoms with Gasteiger partial charge in [-0.05, 0) is 31.2 Å². The minimum Gasteiger partial charge on any atom is -0.466 e. The fourth-order valence-corrected chi connectivity index (χ4v) is 5.67. The van der Waals surface area contributed by atoms with Crippen LogP contribution in [0.25, 0.3) is 0 Å². The molecule has 0 aromatic heterocycles. The van der Waals surface area contributed by atoms with E-state index in [0.717, 1.165) is 37.7 Å². The Morgan fingerprint density at radius 3 is 2.46 bits per heavy atom. The number of nitrogens with zero attached hydrogens (tertiary/aromatic N) is 1. The number of hydrogen-bond acceptors (Lipinski definition) is 5.